The highest BCUT2D eigenvalue weighted by atomic mass is 16.2. The molecule has 0 saturated carbocycles. The number of carbonyl (C=O) groups is 2. The average Bonchev–Trinajstić information content (AvgIpc) is 2.94. The smallest absolute Gasteiger partial charge is 0.254 e. The number of carbonyl (C=O) groups excluding carboxylic acids is 2. The van der Waals surface area contributed by atoms with Crippen molar-refractivity contribution in [3.8, 4) is 0 Å². The quantitative estimate of drug-likeness (QED) is 0.855. The van der Waals surface area contributed by atoms with Crippen LogP contribution in [0.3, 0.4) is 0 Å². The van der Waals surface area contributed by atoms with Gasteiger partial charge in [-0.1, -0.05) is 6.92 Å². The van der Waals surface area contributed by atoms with Crippen molar-refractivity contribution in [3.05, 3.63) is 23.9 Å². The molecular weight excluding hydrogens is 256 g/mol. The van der Waals surface area contributed by atoms with Gasteiger partial charge in [-0.3, -0.25) is 9.59 Å². The molecule has 0 aliphatic carbocycles. The van der Waals surface area contributed by atoms with Crippen molar-refractivity contribution in [2.75, 3.05) is 25.5 Å². The van der Waals surface area contributed by atoms with Gasteiger partial charge in [0.1, 0.15) is 5.82 Å². The molecule has 1 fully saturated rings. The van der Waals surface area contributed by atoms with E-state index >= 15 is 0 Å². The van der Waals surface area contributed by atoms with Crippen molar-refractivity contribution in [2.24, 2.45) is 0 Å². The van der Waals surface area contributed by atoms with Gasteiger partial charge in [0.2, 0.25) is 5.91 Å². The first-order chi connectivity index (χ1) is 9.65. The minimum atomic E-state index is -0.167. The molecular formula is C14H20N4O2. The van der Waals surface area contributed by atoms with Crippen LogP contribution in [-0.4, -0.2) is 47.9 Å². The number of pyridine rings is 1. The molecule has 2 heterocycles. The van der Waals surface area contributed by atoms with E-state index in [2.05, 4.69) is 15.6 Å². The van der Waals surface area contributed by atoms with Crippen LogP contribution in [0, 0.1) is 0 Å². The summed E-state index contributed by atoms with van der Waals surface area (Å²) in [6.07, 6.45) is 3.05. The van der Waals surface area contributed by atoms with Crippen LogP contribution in [0.1, 0.15) is 30.1 Å². The molecule has 2 amide bonds. The predicted octanol–water partition coefficient (Wildman–Crippen LogP) is 0.864. The molecule has 1 atom stereocenters. The lowest BCUT2D eigenvalue weighted by Crippen LogP contribution is -2.31. The lowest BCUT2D eigenvalue weighted by atomic mass is 10.2. The first-order valence-corrected chi connectivity index (χ1v) is 6.87. The Labute approximate surface area is 118 Å². The van der Waals surface area contributed by atoms with E-state index in [1.165, 1.54) is 0 Å². The number of nitrogens with one attached hydrogen (secondary N) is 2. The third-order valence-electron chi connectivity index (χ3n) is 3.46. The number of hydrogen-bond acceptors (Lipinski definition) is 4. The van der Waals surface area contributed by atoms with Crippen LogP contribution in [-0.2, 0) is 4.79 Å². The van der Waals surface area contributed by atoms with Crippen molar-refractivity contribution in [1.82, 2.24) is 15.2 Å². The second-order valence-corrected chi connectivity index (χ2v) is 4.80. The monoisotopic (exact) mass is 276 g/mol. The van der Waals surface area contributed by atoms with Crippen molar-refractivity contribution in [3.63, 3.8) is 0 Å². The minimum Gasteiger partial charge on any atom is -0.365 e. The van der Waals surface area contributed by atoms with E-state index in [1.807, 2.05) is 11.8 Å². The summed E-state index contributed by atoms with van der Waals surface area (Å²) in [5, 5.41) is 5.87. The fourth-order valence-corrected chi connectivity index (χ4v) is 2.36. The molecule has 6 heteroatoms. The van der Waals surface area contributed by atoms with Crippen LogP contribution in [0.25, 0.3) is 0 Å². The van der Waals surface area contributed by atoms with E-state index in [9.17, 15) is 9.59 Å². The summed E-state index contributed by atoms with van der Waals surface area (Å²) in [6, 6.07) is 3.61. The van der Waals surface area contributed by atoms with Crippen LogP contribution in [0.5, 0.6) is 0 Å². The number of rotatable bonds is 4. The van der Waals surface area contributed by atoms with E-state index in [0.29, 0.717) is 24.3 Å². The Bertz CT molecular complexity index is 504. The molecule has 2 rings (SSSR count). The minimum absolute atomic E-state index is 0.142. The van der Waals surface area contributed by atoms with Crippen molar-refractivity contribution in [2.45, 2.75) is 25.8 Å². The summed E-state index contributed by atoms with van der Waals surface area (Å²) >= 11 is 0. The van der Waals surface area contributed by atoms with Gasteiger partial charge < -0.3 is 15.5 Å². The molecule has 1 unspecified atom stereocenters. The van der Waals surface area contributed by atoms with E-state index in [4.69, 9.17) is 0 Å². The normalized spacial score (nSPS) is 17.9. The molecule has 108 valence electrons. The molecule has 1 saturated heterocycles. The van der Waals surface area contributed by atoms with Gasteiger partial charge in [-0.25, -0.2) is 4.98 Å². The lowest BCUT2D eigenvalue weighted by molar-refractivity contribution is -0.129. The number of likely N-dealkylation sites (tertiary alicyclic amines) is 1. The van der Waals surface area contributed by atoms with Crippen LogP contribution < -0.4 is 10.6 Å². The standard InChI is InChI=1S/C14H20N4O2/c1-3-12(19)18-8-6-10(9-18)17-13-11(14(20)15-2)5-4-7-16-13/h4-5,7,10H,3,6,8-9H2,1-2H3,(H,15,20)(H,16,17). The first kappa shape index (κ1) is 14.3. The molecule has 0 aromatic carbocycles. The second-order valence-electron chi connectivity index (χ2n) is 4.80. The van der Waals surface area contributed by atoms with Gasteiger partial charge in [0.25, 0.3) is 5.91 Å². The summed E-state index contributed by atoms with van der Waals surface area (Å²) in [5.74, 6) is 0.574. The number of aromatic nitrogens is 1. The Morgan fingerprint density at radius 2 is 2.30 bits per heavy atom. The molecule has 0 bridgehead atoms. The zero-order valence-corrected chi connectivity index (χ0v) is 11.8. The molecule has 1 aliphatic heterocycles. The predicted molar refractivity (Wildman–Crippen MR) is 76.5 cm³/mol. The maximum atomic E-state index is 11.8. The summed E-state index contributed by atoms with van der Waals surface area (Å²) in [5.41, 5.74) is 0.523. The molecule has 6 nitrogen and oxygen atoms in total. The molecule has 1 aromatic rings. The topological polar surface area (TPSA) is 74.3 Å². The number of nitrogens with zero attached hydrogens (tertiary/aromatic N) is 2. The summed E-state index contributed by atoms with van der Waals surface area (Å²) in [4.78, 5) is 29.5. The van der Waals surface area contributed by atoms with Crippen LogP contribution >= 0.6 is 0 Å². The third kappa shape index (κ3) is 3.07. The molecule has 20 heavy (non-hydrogen) atoms. The molecule has 0 radical (unpaired) electrons. The number of amides is 2. The number of anilines is 1. The third-order valence-corrected chi connectivity index (χ3v) is 3.46. The van der Waals surface area contributed by atoms with E-state index < -0.39 is 0 Å². The fourth-order valence-electron chi connectivity index (χ4n) is 2.36. The van der Waals surface area contributed by atoms with Gasteiger partial charge in [-0.05, 0) is 18.6 Å². The number of hydrogen-bond donors (Lipinski definition) is 2. The summed E-state index contributed by atoms with van der Waals surface area (Å²) < 4.78 is 0. The van der Waals surface area contributed by atoms with Crippen LogP contribution in [0.15, 0.2) is 18.3 Å². The molecule has 1 aliphatic rings. The van der Waals surface area contributed by atoms with Gasteiger partial charge in [-0.2, -0.15) is 0 Å². The Hall–Kier alpha value is -2.11. The molecule has 1 aromatic heterocycles. The van der Waals surface area contributed by atoms with E-state index in [0.717, 1.165) is 13.0 Å². The molecule has 2 N–H and O–H groups in total. The van der Waals surface area contributed by atoms with Gasteiger partial charge in [0.15, 0.2) is 0 Å². The van der Waals surface area contributed by atoms with E-state index in [1.54, 1.807) is 25.4 Å². The average molecular weight is 276 g/mol. The Kier molecular flexibility index (Phi) is 4.55. The van der Waals surface area contributed by atoms with E-state index in [-0.39, 0.29) is 17.9 Å². The van der Waals surface area contributed by atoms with Crippen LogP contribution in [0.4, 0.5) is 5.82 Å². The highest BCUT2D eigenvalue weighted by Crippen LogP contribution is 2.18. The SMILES string of the molecule is CCC(=O)N1CCC(Nc2ncccc2C(=O)NC)C1. The van der Waals surface area contributed by atoms with Crippen molar-refractivity contribution >= 4 is 17.6 Å². The Morgan fingerprint density at radius 3 is 3.00 bits per heavy atom. The lowest BCUT2D eigenvalue weighted by Gasteiger charge is -2.17. The first-order valence-electron chi connectivity index (χ1n) is 6.87. The highest BCUT2D eigenvalue weighted by Gasteiger charge is 2.26. The molecule has 0 spiro atoms. The zero-order chi connectivity index (χ0) is 14.5. The van der Waals surface area contributed by atoms with Crippen molar-refractivity contribution < 1.29 is 9.59 Å². The van der Waals surface area contributed by atoms with Gasteiger partial charge in [0, 0.05) is 38.8 Å². The fraction of sp³-hybridized carbons (Fsp3) is 0.500. The summed E-state index contributed by atoms with van der Waals surface area (Å²) in [6.45, 7) is 3.29. The van der Waals surface area contributed by atoms with Crippen molar-refractivity contribution in [1.29, 1.82) is 0 Å². The Morgan fingerprint density at radius 1 is 1.50 bits per heavy atom. The maximum absolute atomic E-state index is 11.8. The maximum Gasteiger partial charge on any atom is 0.254 e. The largest absolute Gasteiger partial charge is 0.365 e. The van der Waals surface area contributed by atoms with Crippen LogP contribution in [0.2, 0.25) is 0 Å². The zero-order valence-electron chi connectivity index (χ0n) is 11.8. The Balaban J connectivity index is 2.05. The van der Waals surface area contributed by atoms with Gasteiger partial charge in [-0.15, -0.1) is 0 Å². The van der Waals surface area contributed by atoms with Gasteiger partial charge >= 0.3 is 0 Å². The van der Waals surface area contributed by atoms with Gasteiger partial charge in [0.05, 0.1) is 5.56 Å². The second kappa shape index (κ2) is 6.36. The summed E-state index contributed by atoms with van der Waals surface area (Å²) in [7, 11) is 1.59. The highest BCUT2D eigenvalue weighted by molar-refractivity contribution is 5.98.